The van der Waals surface area contributed by atoms with Gasteiger partial charge in [0.05, 0.1) is 0 Å². The molecule has 0 unspecified atom stereocenters. The molecule has 0 aromatic carbocycles. The third-order valence-electron chi connectivity index (χ3n) is 0.201. The van der Waals surface area contributed by atoms with Crippen LogP contribution >= 0.6 is 0 Å². The van der Waals surface area contributed by atoms with Crippen LogP contribution in [0.1, 0.15) is 0 Å². The van der Waals surface area contributed by atoms with Crippen LogP contribution in [0.4, 0.5) is 4.79 Å². The molecule has 0 heterocycles. The van der Waals surface area contributed by atoms with Gasteiger partial charge in [0.15, 0.2) is 0 Å². The molecule has 0 saturated heterocycles. The summed E-state index contributed by atoms with van der Waals surface area (Å²) in [6, 6.07) is 0. The van der Waals surface area contributed by atoms with Crippen LogP contribution in [-0.2, 0) is 4.74 Å². The van der Waals surface area contributed by atoms with Crippen molar-refractivity contribution in [3.8, 4) is 0 Å². The Morgan fingerprint density at radius 2 is 2.20 bits per heavy atom. The fraction of sp³-hybridized carbons (Fsp3) is 0.500. The van der Waals surface area contributed by atoms with Crippen molar-refractivity contribution in [3.63, 3.8) is 0 Å². The molecule has 0 aromatic heterocycles. The first-order valence-electron chi connectivity index (χ1n) is 1.11. The van der Waals surface area contributed by atoms with E-state index in [4.69, 9.17) is 0 Å². The second-order valence-corrected chi connectivity index (χ2v) is 0.995. The zero-order chi connectivity index (χ0) is 4.28. The molecule has 0 amide bonds. The fourth-order valence-electron chi connectivity index (χ4n) is 0. The Morgan fingerprint density at radius 1 is 2.00 bits per heavy atom. The van der Waals surface area contributed by atoms with Crippen molar-refractivity contribution in [2.75, 3.05) is 7.11 Å². The van der Waals surface area contributed by atoms with Gasteiger partial charge in [-0.25, -0.2) is 0 Å². The third kappa shape index (κ3) is 4.00. The van der Waals surface area contributed by atoms with Crippen LogP contribution in [0.15, 0.2) is 0 Å². The van der Waals surface area contributed by atoms with E-state index in [-0.39, 0.29) is 4.83 Å². The molecule has 0 spiro atoms. The molecule has 0 saturated carbocycles. The van der Waals surface area contributed by atoms with Gasteiger partial charge in [0, 0.05) is 0 Å². The molecule has 0 aliphatic carbocycles. The molecule has 0 bridgehead atoms. The second-order valence-electron chi connectivity index (χ2n) is 0.523. The minimum absolute atomic E-state index is 0.329. The van der Waals surface area contributed by atoms with Crippen LogP contribution in [0, 0.1) is 0 Å². The van der Waals surface area contributed by atoms with Crippen molar-refractivity contribution in [1.82, 2.24) is 0 Å². The SMILES string of the molecule is CO[C](=O)[Al+2]. The zero-order valence-electron chi connectivity index (χ0n) is 2.89. The topological polar surface area (TPSA) is 26.3 Å². The van der Waals surface area contributed by atoms with E-state index in [1.165, 1.54) is 7.11 Å². The predicted molar refractivity (Wildman–Crippen MR) is 18.2 cm³/mol. The van der Waals surface area contributed by atoms with E-state index in [0.29, 0.717) is 0 Å². The number of hydrogen-bond acceptors (Lipinski definition) is 2. The van der Waals surface area contributed by atoms with Crippen molar-refractivity contribution in [2.45, 2.75) is 0 Å². The summed E-state index contributed by atoms with van der Waals surface area (Å²) < 4.78 is 4.07. The first kappa shape index (κ1) is 5.00. The van der Waals surface area contributed by atoms with Gasteiger partial charge < -0.3 is 0 Å². The average Bonchev–Trinajstić information content (AvgIpc) is 1.38. The van der Waals surface area contributed by atoms with Crippen LogP contribution < -0.4 is 0 Å². The Morgan fingerprint density at radius 3 is 2.20 bits per heavy atom. The van der Waals surface area contributed by atoms with Gasteiger partial charge in [0.2, 0.25) is 0 Å². The van der Waals surface area contributed by atoms with E-state index >= 15 is 0 Å². The third-order valence-corrected chi connectivity index (χ3v) is 0.437. The normalized spacial score (nSPS) is 7.00. The standard InChI is InChI=1S/C2H3O2.Al/c1-4-2-3;/h1H3;/q;+2. The van der Waals surface area contributed by atoms with Gasteiger partial charge in [-0.1, -0.05) is 0 Å². The summed E-state index contributed by atoms with van der Waals surface area (Å²) in [5.74, 6) is 0. The van der Waals surface area contributed by atoms with Gasteiger partial charge in [-0.05, 0) is 0 Å². The van der Waals surface area contributed by atoms with Gasteiger partial charge in [0.1, 0.15) is 0 Å². The molecular weight excluding hydrogens is 83.0 g/mol. The summed E-state index contributed by atoms with van der Waals surface area (Å²) in [5.41, 5.74) is 0. The number of ether oxygens (including phenoxy) is 1. The molecule has 0 fully saturated rings. The Hall–Kier alpha value is 0.00247. The van der Waals surface area contributed by atoms with Crippen LogP contribution in [-0.4, -0.2) is 28.2 Å². The number of hydrogen-bond donors (Lipinski definition) is 0. The van der Waals surface area contributed by atoms with E-state index in [0.717, 1.165) is 0 Å². The molecule has 2 nitrogen and oxygen atoms in total. The van der Waals surface area contributed by atoms with Crippen molar-refractivity contribution in [3.05, 3.63) is 0 Å². The summed E-state index contributed by atoms with van der Waals surface area (Å²) in [5, 5.41) is 0. The quantitative estimate of drug-likeness (QED) is 0.385. The van der Waals surface area contributed by atoms with Crippen molar-refractivity contribution in [2.24, 2.45) is 0 Å². The zero-order valence-corrected chi connectivity index (χ0v) is 4.05. The van der Waals surface area contributed by atoms with Gasteiger partial charge in [-0.2, -0.15) is 0 Å². The molecular formula is C2H3AlO2+2. The van der Waals surface area contributed by atoms with Gasteiger partial charge in [-0.3, -0.25) is 0 Å². The fourth-order valence-corrected chi connectivity index (χ4v) is 0. The van der Waals surface area contributed by atoms with Gasteiger partial charge in [-0.15, -0.1) is 0 Å². The number of methoxy groups -OCH3 is 1. The molecule has 0 rings (SSSR count). The maximum absolute atomic E-state index is 9.55. The Bertz CT molecular complexity index is 42.9. The summed E-state index contributed by atoms with van der Waals surface area (Å²) >= 11 is 1.87. The van der Waals surface area contributed by atoms with E-state index < -0.39 is 0 Å². The van der Waals surface area contributed by atoms with Crippen molar-refractivity contribution < 1.29 is 9.53 Å². The van der Waals surface area contributed by atoms with E-state index in [2.05, 4.69) is 4.74 Å². The minimum atomic E-state index is -0.329. The predicted octanol–water partition coefficient (Wildman–Crippen LogP) is -0.0787. The maximum atomic E-state index is 9.55. The van der Waals surface area contributed by atoms with Gasteiger partial charge >= 0.3 is 37.8 Å². The molecule has 0 aliphatic rings. The van der Waals surface area contributed by atoms with Gasteiger partial charge in [0.25, 0.3) is 0 Å². The molecule has 0 radical (unpaired) electrons. The second kappa shape index (κ2) is 2.25. The van der Waals surface area contributed by atoms with Crippen LogP contribution in [0.5, 0.6) is 0 Å². The summed E-state index contributed by atoms with van der Waals surface area (Å²) in [6.45, 7) is 0. The summed E-state index contributed by atoms with van der Waals surface area (Å²) in [6.07, 6.45) is 0. The molecule has 0 aliphatic heterocycles. The Balaban J connectivity index is 2.85. The monoisotopic (exact) mass is 86.0 g/mol. The first-order chi connectivity index (χ1) is 2.27. The number of carbonyl (C=O) groups is 1. The summed E-state index contributed by atoms with van der Waals surface area (Å²) in [4.78, 5) is 9.22. The number of carbonyl (C=O) groups excluding carboxylic acids is 1. The first-order valence-corrected chi connectivity index (χ1v) is 1.68. The van der Waals surface area contributed by atoms with Crippen LogP contribution in [0.25, 0.3) is 0 Å². The average molecular weight is 86.0 g/mol. The molecule has 0 atom stereocenters. The van der Waals surface area contributed by atoms with E-state index in [1.807, 2.05) is 16.3 Å². The van der Waals surface area contributed by atoms with E-state index in [1.54, 1.807) is 0 Å². The Labute approximate surface area is 38.5 Å². The molecule has 5 heavy (non-hydrogen) atoms. The van der Waals surface area contributed by atoms with Crippen LogP contribution in [0.2, 0.25) is 0 Å². The number of rotatable bonds is 0. The van der Waals surface area contributed by atoms with Crippen LogP contribution in [0.3, 0.4) is 0 Å². The Kier molecular flexibility index (Phi) is 2.25. The molecule has 24 valence electrons. The van der Waals surface area contributed by atoms with E-state index in [9.17, 15) is 4.79 Å². The van der Waals surface area contributed by atoms with Crippen molar-refractivity contribution in [1.29, 1.82) is 0 Å². The molecule has 0 N–H and O–H groups in total. The van der Waals surface area contributed by atoms with Crippen molar-refractivity contribution >= 4 is 21.1 Å². The molecule has 0 aromatic rings. The molecule has 3 heteroatoms. The summed E-state index contributed by atoms with van der Waals surface area (Å²) in [7, 11) is 1.33.